The molecule has 0 aliphatic carbocycles. The summed E-state index contributed by atoms with van der Waals surface area (Å²) >= 11 is 0. The van der Waals surface area contributed by atoms with Crippen molar-refractivity contribution in [1.82, 2.24) is 4.98 Å². The number of fused-ring (bicyclic) bond motifs is 2. The van der Waals surface area contributed by atoms with Gasteiger partial charge in [-0.25, -0.2) is 4.39 Å². The summed E-state index contributed by atoms with van der Waals surface area (Å²) in [6.45, 7) is 0. The number of carbonyl (C=O) groups is 1. The van der Waals surface area contributed by atoms with Crippen molar-refractivity contribution in [3.05, 3.63) is 54.1 Å². The minimum absolute atomic E-state index is 0. The van der Waals surface area contributed by atoms with Crippen LogP contribution in [0.15, 0.2) is 42.7 Å². The number of aromatic nitrogens is 1. The molecule has 0 radical (unpaired) electrons. The summed E-state index contributed by atoms with van der Waals surface area (Å²) in [7, 11) is 0. The second-order valence-electron chi connectivity index (χ2n) is 6.80. The van der Waals surface area contributed by atoms with Gasteiger partial charge in [-0.2, -0.15) is 0 Å². The van der Waals surface area contributed by atoms with E-state index in [9.17, 15) is 22.4 Å². The highest BCUT2D eigenvalue weighted by Crippen LogP contribution is 2.49. The average molecular weight is 398 g/mol. The van der Waals surface area contributed by atoms with Crippen molar-refractivity contribution >= 4 is 11.6 Å². The monoisotopic (exact) mass is 398 g/mol. The van der Waals surface area contributed by atoms with Gasteiger partial charge in [0.15, 0.2) is 11.6 Å². The number of halogens is 4. The van der Waals surface area contributed by atoms with E-state index in [1.54, 1.807) is 12.4 Å². The third-order valence-corrected chi connectivity index (χ3v) is 5.09. The Morgan fingerprint density at radius 3 is 2.57 bits per heavy atom. The first-order valence-corrected chi connectivity index (χ1v) is 8.73. The number of amides is 1. The van der Waals surface area contributed by atoms with Crippen molar-refractivity contribution in [3.8, 4) is 5.75 Å². The highest BCUT2D eigenvalue weighted by Gasteiger charge is 2.52. The maximum absolute atomic E-state index is 13.9. The molecule has 1 aromatic heterocycles. The van der Waals surface area contributed by atoms with Crippen molar-refractivity contribution < 1.29 is 33.3 Å². The lowest BCUT2D eigenvalue weighted by molar-refractivity contribution is -0.275. The zero-order chi connectivity index (χ0) is 19.9. The fourth-order valence-electron chi connectivity index (χ4n) is 4.03. The van der Waals surface area contributed by atoms with Crippen LogP contribution in [0, 0.1) is 11.7 Å². The van der Waals surface area contributed by atoms with Gasteiger partial charge in [0.1, 0.15) is 0 Å². The molecule has 0 unspecified atom stereocenters. The van der Waals surface area contributed by atoms with Gasteiger partial charge in [-0.1, -0.05) is 0 Å². The number of benzene rings is 1. The molecule has 0 saturated carbocycles. The number of carbonyl (C=O) groups excluding carboxylic acids is 1. The summed E-state index contributed by atoms with van der Waals surface area (Å²) in [5.74, 6) is -3.17. The fraction of sp³-hybridized carbons (Fsp3) is 0.368. The van der Waals surface area contributed by atoms with E-state index >= 15 is 0 Å². The molecule has 2 saturated heterocycles. The SMILES string of the molecule is O=C(Nc1ccc(OC(F)(F)F)c(F)c1)[C@H]1[C@H](c2ccncc2)[C@@H]2CC[C@H]1O2.[HH]. The van der Waals surface area contributed by atoms with Crippen molar-refractivity contribution in [1.29, 1.82) is 0 Å². The molecule has 1 amide bonds. The average Bonchev–Trinajstić information content (AvgIpc) is 3.25. The number of rotatable bonds is 4. The molecular weight excluding hydrogens is 380 g/mol. The Bertz CT molecular complexity index is 882. The van der Waals surface area contributed by atoms with Crippen LogP contribution in [0.3, 0.4) is 0 Å². The Morgan fingerprint density at radius 2 is 1.89 bits per heavy atom. The van der Waals surface area contributed by atoms with Crippen molar-refractivity contribution in [2.45, 2.75) is 37.3 Å². The number of nitrogens with zero attached hydrogens (tertiary/aromatic N) is 1. The van der Waals surface area contributed by atoms with Crippen LogP contribution in [0.25, 0.3) is 0 Å². The summed E-state index contributed by atoms with van der Waals surface area (Å²) in [6.07, 6.45) is -0.445. The van der Waals surface area contributed by atoms with Crippen molar-refractivity contribution in [3.63, 3.8) is 0 Å². The molecule has 4 atom stereocenters. The van der Waals surface area contributed by atoms with Gasteiger partial charge in [0.25, 0.3) is 0 Å². The summed E-state index contributed by atoms with van der Waals surface area (Å²) in [5, 5.41) is 2.59. The van der Waals surface area contributed by atoms with Gasteiger partial charge < -0.3 is 14.8 Å². The van der Waals surface area contributed by atoms with Crippen LogP contribution in [0.5, 0.6) is 5.75 Å². The maximum Gasteiger partial charge on any atom is 0.573 e. The first kappa shape index (κ1) is 18.7. The van der Waals surface area contributed by atoms with Crippen LogP contribution >= 0.6 is 0 Å². The summed E-state index contributed by atoms with van der Waals surface area (Å²) < 4.78 is 60.1. The van der Waals surface area contributed by atoms with Gasteiger partial charge in [0.2, 0.25) is 5.91 Å². The number of ether oxygens (including phenoxy) is 2. The molecule has 5 nitrogen and oxygen atoms in total. The standard InChI is InChI=1S/C19H16F4N2O3.H2/c20-12-9-11(1-2-13(12)28-19(21,22)23)25-18(26)17-15-4-3-14(27-15)16(17)10-5-7-24-8-6-10;/h1-2,5-9,14-17H,3-4H2,(H,25,26);1H/t14-,15+,16+,17+;/m0./s1. The lowest BCUT2D eigenvalue weighted by atomic mass is 9.75. The largest absolute Gasteiger partial charge is 0.573 e. The number of nitrogens with one attached hydrogen (secondary N) is 1. The van der Waals surface area contributed by atoms with E-state index in [2.05, 4.69) is 15.0 Å². The van der Waals surface area contributed by atoms with Crippen LogP contribution in [-0.4, -0.2) is 29.5 Å². The van der Waals surface area contributed by atoms with Crippen LogP contribution in [0.4, 0.5) is 23.2 Å². The molecule has 2 aliphatic heterocycles. The Labute approximate surface area is 159 Å². The van der Waals surface area contributed by atoms with E-state index in [0.29, 0.717) is 0 Å². The number of hydrogen-bond donors (Lipinski definition) is 1. The first-order chi connectivity index (χ1) is 13.3. The molecule has 28 heavy (non-hydrogen) atoms. The number of pyridine rings is 1. The molecule has 3 heterocycles. The summed E-state index contributed by atoms with van der Waals surface area (Å²) in [6, 6.07) is 6.46. The predicted molar refractivity (Wildman–Crippen MR) is 92.2 cm³/mol. The molecule has 2 aromatic rings. The molecule has 1 aromatic carbocycles. The quantitative estimate of drug-likeness (QED) is 0.782. The summed E-state index contributed by atoms with van der Waals surface area (Å²) in [4.78, 5) is 16.9. The second kappa shape index (κ2) is 7.05. The third-order valence-electron chi connectivity index (χ3n) is 5.09. The molecule has 1 N–H and O–H groups in total. The normalized spacial score (nSPS) is 26.3. The Balaban J connectivity index is 0.00000240. The Morgan fingerprint density at radius 1 is 1.18 bits per heavy atom. The zero-order valence-corrected chi connectivity index (χ0v) is 14.4. The highest BCUT2D eigenvalue weighted by molar-refractivity contribution is 5.94. The summed E-state index contributed by atoms with van der Waals surface area (Å²) in [5.41, 5.74) is 0.982. The van der Waals surface area contributed by atoms with Crippen LogP contribution in [-0.2, 0) is 9.53 Å². The minimum Gasteiger partial charge on any atom is -0.403 e. The van der Waals surface area contributed by atoms with Crippen LogP contribution in [0.2, 0.25) is 0 Å². The molecule has 150 valence electrons. The van der Waals surface area contributed by atoms with E-state index in [4.69, 9.17) is 4.74 Å². The lowest BCUT2D eigenvalue weighted by Gasteiger charge is -2.27. The number of alkyl halides is 3. The number of hydrogen-bond acceptors (Lipinski definition) is 4. The van der Waals surface area contributed by atoms with E-state index in [0.717, 1.165) is 36.6 Å². The lowest BCUT2D eigenvalue weighted by Crippen LogP contribution is -2.36. The van der Waals surface area contributed by atoms with E-state index < -0.39 is 23.8 Å². The number of anilines is 1. The van der Waals surface area contributed by atoms with Gasteiger partial charge in [0.05, 0.1) is 18.1 Å². The first-order valence-electron chi connectivity index (χ1n) is 8.73. The molecule has 9 heteroatoms. The van der Waals surface area contributed by atoms with E-state index in [-0.39, 0.29) is 31.1 Å². The Kier molecular flexibility index (Phi) is 4.70. The second-order valence-corrected chi connectivity index (χ2v) is 6.80. The zero-order valence-electron chi connectivity index (χ0n) is 14.4. The molecule has 2 aliphatic rings. The molecule has 0 spiro atoms. The van der Waals surface area contributed by atoms with Crippen LogP contribution < -0.4 is 10.1 Å². The van der Waals surface area contributed by atoms with Gasteiger partial charge in [-0.05, 0) is 42.7 Å². The van der Waals surface area contributed by atoms with Gasteiger partial charge >= 0.3 is 6.36 Å². The van der Waals surface area contributed by atoms with Crippen molar-refractivity contribution in [2.24, 2.45) is 5.92 Å². The molecule has 2 bridgehead atoms. The smallest absolute Gasteiger partial charge is 0.403 e. The van der Waals surface area contributed by atoms with E-state index in [1.165, 1.54) is 0 Å². The van der Waals surface area contributed by atoms with Gasteiger partial charge in [0, 0.05) is 31.5 Å². The fourth-order valence-corrected chi connectivity index (χ4v) is 4.03. The molecule has 4 rings (SSSR count). The van der Waals surface area contributed by atoms with Gasteiger partial charge in [-0.15, -0.1) is 13.2 Å². The topological polar surface area (TPSA) is 60.5 Å². The van der Waals surface area contributed by atoms with Gasteiger partial charge in [-0.3, -0.25) is 9.78 Å². The maximum atomic E-state index is 13.9. The molecular formula is C19H18F4N2O3. The van der Waals surface area contributed by atoms with Crippen LogP contribution in [0.1, 0.15) is 25.7 Å². The Hall–Kier alpha value is -2.68. The third kappa shape index (κ3) is 3.66. The predicted octanol–water partition coefficient (Wildman–Crippen LogP) is 4.27. The highest BCUT2D eigenvalue weighted by atomic mass is 19.4. The minimum atomic E-state index is -5.00. The van der Waals surface area contributed by atoms with E-state index in [1.807, 2.05) is 12.1 Å². The van der Waals surface area contributed by atoms with Crippen molar-refractivity contribution in [2.75, 3.05) is 5.32 Å². The molecule has 2 fully saturated rings.